The molecule has 2 rings (SSSR count). The second-order valence-electron chi connectivity index (χ2n) is 3.59. The van der Waals surface area contributed by atoms with Gasteiger partial charge in [0.25, 0.3) is 0 Å². The van der Waals surface area contributed by atoms with Gasteiger partial charge in [-0.3, -0.25) is 4.79 Å². The third-order valence-electron chi connectivity index (χ3n) is 2.48. The van der Waals surface area contributed by atoms with Gasteiger partial charge in [0.05, 0.1) is 6.42 Å². The van der Waals surface area contributed by atoms with Crippen molar-refractivity contribution in [2.75, 3.05) is 6.26 Å². The summed E-state index contributed by atoms with van der Waals surface area (Å²) in [5.74, 6) is -0.791. The topological polar surface area (TPSA) is 37.3 Å². The minimum absolute atomic E-state index is 0.0828. The molecule has 0 saturated carbocycles. The molecule has 2 aromatic carbocycles. The molecule has 0 unspecified atom stereocenters. The molecular weight excluding hydrogens is 220 g/mol. The molecule has 0 heterocycles. The summed E-state index contributed by atoms with van der Waals surface area (Å²) >= 11 is 1.70. The van der Waals surface area contributed by atoms with Crippen LogP contribution >= 0.6 is 11.8 Å². The highest BCUT2D eigenvalue weighted by Gasteiger charge is 2.03. The molecule has 0 atom stereocenters. The zero-order valence-corrected chi connectivity index (χ0v) is 9.75. The molecule has 3 heteroatoms. The lowest BCUT2D eigenvalue weighted by Gasteiger charge is -2.05. The Kier molecular flexibility index (Phi) is 3.15. The first-order valence-electron chi connectivity index (χ1n) is 4.98. The summed E-state index contributed by atoms with van der Waals surface area (Å²) in [5.41, 5.74) is 0.846. The average molecular weight is 232 g/mol. The fourth-order valence-electron chi connectivity index (χ4n) is 1.77. The molecule has 2 nitrogen and oxygen atoms in total. The van der Waals surface area contributed by atoms with Gasteiger partial charge in [0.15, 0.2) is 0 Å². The van der Waals surface area contributed by atoms with E-state index in [1.54, 1.807) is 11.8 Å². The van der Waals surface area contributed by atoms with Gasteiger partial charge in [-0.25, -0.2) is 0 Å². The van der Waals surface area contributed by atoms with Crippen LogP contribution in [-0.4, -0.2) is 17.3 Å². The van der Waals surface area contributed by atoms with E-state index in [0.717, 1.165) is 10.9 Å². The van der Waals surface area contributed by atoms with Gasteiger partial charge >= 0.3 is 5.97 Å². The van der Waals surface area contributed by atoms with Gasteiger partial charge in [-0.05, 0) is 28.7 Å². The minimum atomic E-state index is -0.791. The molecule has 0 aromatic heterocycles. The highest BCUT2D eigenvalue weighted by Crippen LogP contribution is 2.26. The van der Waals surface area contributed by atoms with E-state index in [1.165, 1.54) is 10.3 Å². The van der Waals surface area contributed by atoms with Crippen LogP contribution in [0.4, 0.5) is 0 Å². The maximum Gasteiger partial charge on any atom is 0.307 e. The number of thioether (sulfide) groups is 1. The van der Waals surface area contributed by atoms with Crippen molar-refractivity contribution in [1.29, 1.82) is 0 Å². The second-order valence-corrected chi connectivity index (χ2v) is 4.43. The van der Waals surface area contributed by atoms with Crippen molar-refractivity contribution in [1.82, 2.24) is 0 Å². The van der Waals surface area contributed by atoms with Crippen LogP contribution in [-0.2, 0) is 11.2 Å². The molecule has 0 aliphatic heterocycles. The van der Waals surface area contributed by atoms with Crippen LogP contribution in [0.15, 0.2) is 41.3 Å². The van der Waals surface area contributed by atoms with E-state index >= 15 is 0 Å². The van der Waals surface area contributed by atoms with Crippen LogP contribution in [0.2, 0.25) is 0 Å². The van der Waals surface area contributed by atoms with E-state index in [0.29, 0.717) is 0 Å². The van der Waals surface area contributed by atoms with Crippen LogP contribution in [0, 0.1) is 0 Å². The largest absolute Gasteiger partial charge is 0.481 e. The van der Waals surface area contributed by atoms with Gasteiger partial charge in [0.2, 0.25) is 0 Å². The standard InChI is InChI=1S/C13H12O2S/c1-16-12-4-2-3-10-7-9(8-13(14)15)5-6-11(10)12/h2-7H,8H2,1H3,(H,14,15). The SMILES string of the molecule is CSc1cccc2cc(CC(=O)O)ccc12. The molecule has 0 aliphatic rings. The van der Waals surface area contributed by atoms with E-state index < -0.39 is 5.97 Å². The molecule has 2 aromatic rings. The maximum atomic E-state index is 10.6. The Morgan fingerprint density at radius 3 is 2.81 bits per heavy atom. The quantitative estimate of drug-likeness (QED) is 0.826. The van der Waals surface area contributed by atoms with Crippen molar-refractivity contribution in [2.24, 2.45) is 0 Å². The summed E-state index contributed by atoms with van der Waals surface area (Å²) in [7, 11) is 0. The van der Waals surface area contributed by atoms with E-state index in [2.05, 4.69) is 6.07 Å². The Labute approximate surface area is 98.3 Å². The third kappa shape index (κ3) is 2.19. The molecule has 0 fully saturated rings. The molecular formula is C13H12O2S. The maximum absolute atomic E-state index is 10.6. The van der Waals surface area contributed by atoms with Crippen molar-refractivity contribution in [3.8, 4) is 0 Å². The van der Waals surface area contributed by atoms with Crippen LogP contribution in [0.1, 0.15) is 5.56 Å². The number of benzene rings is 2. The van der Waals surface area contributed by atoms with Crippen LogP contribution < -0.4 is 0 Å². The lowest BCUT2D eigenvalue weighted by molar-refractivity contribution is -0.136. The molecule has 0 aliphatic carbocycles. The molecule has 0 amide bonds. The number of carboxylic acid groups (broad SMARTS) is 1. The van der Waals surface area contributed by atoms with Crippen LogP contribution in [0.3, 0.4) is 0 Å². The number of rotatable bonds is 3. The third-order valence-corrected chi connectivity index (χ3v) is 3.28. The van der Waals surface area contributed by atoms with E-state index in [9.17, 15) is 4.79 Å². The number of hydrogen-bond donors (Lipinski definition) is 1. The molecule has 16 heavy (non-hydrogen) atoms. The molecule has 82 valence electrons. The van der Waals surface area contributed by atoms with Crippen LogP contribution in [0.25, 0.3) is 10.8 Å². The summed E-state index contributed by atoms with van der Waals surface area (Å²) in [5, 5.41) is 11.0. The normalized spacial score (nSPS) is 10.6. The summed E-state index contributed by atoms with van der Waals surface area (Å²) in [6.07, 6.45) is 2.12. The summed E-state index contributed by atoms with van der Waals surface area (Å²) < 4.78 is 0. The number of hydrogen-bond acceptors (Lipinski definition) is 2. The molecule has 1 N–H and O–H groups in total. The van der Waals surface area contributed by atoms with Crippen molar-refractivity contribution < 1.29 is 9.90 Å². The van der Waals surface area contributed by atoms with Crippen molar-refractivity contribution >= 4 is 28.5 Å². The van der Waals surface area contributed by atoms with Crippen molar-refractivity contribution in [2.45, 2.75) is 11.3 Å². The lowest BCUT2D eigenvalue weighted by atomic mass is 10.1. The van der Waals surface area contributed by atoms with Gasteiger partial charge in [-0.2, -0.15) is 0 Å². The average Bonchev–Trinajstić information content (AvgIpc) is 2.27. The highest BCUT2D eigenvalue weighted by atomic mass is 32.2. The molecule has 0 radical (unpaired) electrons. The van der Waals surface area contributed by atoms with Crippen LogP contribution in [0.5, 0.6) is 0 Å². The molecule has 0 bridgehead atoms. The number of aliphatic carboxylic acids is 1. The van der Waals surface area contributed by atoms with Crippen molar-refractivity contribution in [3.63, 3.8) is 0 Å². The molecule has 0 spiro atoms. The second kappa shape index (κ2) is 4.58. The fourth-order valence-corrected chi connectivity index (χ4v) is 2.39. The molecule has 0 saturated heterocycles. The first-order valence-corrected chi connectivity index (χ1v) is 6.20. The zero-order chi connectivity index (χ0) is 11.5. The fraction of sp³-hybridized carbons (Fsp3) is 0.154. The Bertz CT molecular complexity index is 534. The van der Waals surface area contributed by atoms with Gasteiger partial charge in [-0.15, -0.1) is 11.8 Å². The number of fused-ring (bicyclic) bond motifs is 1. The van der Waals surface area contributed by atoms with Gasteiger partial charge in [0, 0.05) is 4.90 Å². The predicted octanol–water partition coefficient (Wildman–Crippen LogP) is 3.19. The Hall–Kier alpha value is -1.48. The van der Waals surface area contributed by atoms with E-state index in [4.69, 9.17) is 5.11 Å². The highest BCUT2D eigenvalue weighted by molar-refractivity contribution is 7.98. The number of carbonyl (C=O) groups is 1. The van der Waals surface area contributed by atoms with E-state index in [1.807, 2.05) is 36.6 Å². The summed E-state index contributed by atoms with van der Waals surface area (Å²) in [6, 6.07) is 11.9. The predicted molar refractivity (Wildman–Crippen MR) is 67.1 cm³/mol. The first-order chi connectivity index (χ1) is 7.70. The first kappa shape index (κ1) is 11.0. The lowest BCUT2D eigenvalue weighted by Crippen LogP contribution is -1.99. The zero-order valence-electron chi connectivity index (χ0n) is 8.93. The summed E-state index contributed by atoms with van der Waals surface area (Å²) in [6.45, 7) is 0. The van der Waals surface area contributed by atoms with Gasteiger partial charge in [-0.1, -0.05) is 30.3 Å². The van der Waals surface area contributed by atoms with Crippen molar-refractivity contribution in [3.05, 3.63) is 42.0 Å². The monoisotopic (exact) mass is 232 g/mol. The van der Waals surface area contributed by atoms with E-state index in [-0.39, 0.29) is 6.42 Å². The summed E-state index contributed by atoms with van der Waals surface area (Å²) in [4.78, 5) is 11.8. The smallest absolute Gasteiger partial charge is 0.307 e. The van der Waals surface area contributed by atoms with Gasteiger partial charge < -0.3 is 5.11 Å². The Morgan fingerprint density at radius 1 is 1.31 bits per heavy atom. The van der Waals surface area contributed by atoms with Gasteiger partial charge in [0.1, 0.15) is 0 Å². The minimum Gasteiger partial charge on any atom is -0.481 e. The Balaban J connectivity index is 2.51. The Morgan fingerprint density at radius 2 is 2.12 bits per heavy atom. The number of carboxylic acids is 1.